The highest BCUT2D eigenvalue weighted by Gasteiger charge is 2.29. The smallest absolute Gasteiger partial charge is 0.398 e. The second-order valence-corrected chi connectivity index (χ2v) is 7.81. The van der Waals surface area contributed by atoms with Crippen molar-refractivity contribution in [2.75, 3.05) is 5.73 Å². The van der Waals surface area contributed by atoms with Gasteiger partial charge in [0, 0.05) is 27.2 Å². The van der Waals surface area contributed by atoms with Crippen molar-refractivity contribution in [1.29, 1.82) is 0 Å². The standard InChI is InChI=1S/C27H18F3N5/c28-27(29,30)17-9-11-18(12-10-17)32-33-25-15-16-26(22-8-4-3-7-21(22)25)35-34-24-14-13-23(31)19-5-1-2-6-20(19)24/h1-16H,31H2. The molecule has 5 aromatic carbocycles. The van der Waals surface area contributed by atoms with E-state index < -0.39 is 11.7 Å². The van der Waals surface area contributed by atoms with Gasteiger partial charge in [0.2, 0.25) is 0 Å². The van der Waals surface area contributed by atoms with E-state index in [0.717, 1.165) is 33.7 Å². The Morgan fingerprint density at radius 1 is 0.486 bits per heavy atom. The highest BCUT2D eigenvalue weighted by Crippen LogP contribution is 2.37. The molecule has 0 amide bonds. The molecule has 0 spiro atoms. The second-order valence-electron chi connectivity index (χ2n) is 7.81. The van der Waals surface area contributed by atoms with E-state index in [4.69, 9.17) is 5.73 Å². The molecule has 8 heteroatoms. The van der Waals surface area contributed by atoms with Crippen LogP contribution in [0.5, 0.6) is 0 Å². The molecule has 2 N–H and O–H groups in total. The molecular formula is C27H18F3N5. The average molecular weight is 469 g/mol. The van der Waals surface area contributed by atoms with Crippen LogP contribution in [0, 0.1) is 0 Å². The lowest BCUT2D eigenvalue weighted by atomic mass is 10.1. The first kappa shape index (κ1) is 22.2. The number of hydrogen-bond acceptors (Lipinski definition) is 5. The zero-order valence-electron chi connectivity index (χ0n) is 18.2. The predicted molar refractivity (Wildman–Crippen MR) is 132 cm³/mol. The SMILES string of the molecule is Nc1ccc(N=Nc2ccc(N=Nc3ccc(C(F)(F)F)cc3)c3ccccc23)c2ccccc12. The molecule has 5 aromatic rings. The van der Waals surface area contributed by atoms with E-state index in [1.54, 1.807) is 18.2 Å². The molecule has 0 aliphatic rings. The third-order valence-electron chi connectivity index (χ3n) is 5.55. The van der Waals surface area contributed by atoms with Crippen LogP contribution in [0.25, 0.3) is 21.5 Å². The Balaban J connectivity index is 1.48. The van der Waals surface area contributed by atoms with Gasteiger partial charge in [-0.3, -0.25) is 0 Å². The van der Waals surface area contributed by atoms with E-state index in [2.05, 4.69) is 20.5 Å². The Kier molecular flexibility index (Phi) is 5.70. The number of halogens is 3. The summed E-state index contributed by atoms with van der Waals surface area (Å²) in [6.07, 6.45) is -4.39. The summed E-state index contributed by atoms with van der Waals surface area (Å²) in [7, 11) is 0. The molecule has 0 bridgehead atoms. The summed E-state index contributed by atoms with van der Waals surface area (Å²) in [4.78, 5) is 0. The van der Waals surface area contributed by atoms with Crippen molar-refractivity contribution in [3.05, 3.63) is 103 Å². The number of azo groups is 2. The minimum Gasteiger partial charge on any atom is -0.398 e. The molecule has 5 nitrogen and oxygen atoms in total. The molecular weight excluding hydrogens is 451 g/mol. The molecule has 172 valence electrons. The Labute approximate surface area is 198 Å². The number of nitrogens with two attached hydrogens (primary N) is 1. The summed E-state index contributed by atoms with van der Waals surface area (Å²) >= 11 is 0. The van der Waals surface area contributed by atoms with Gasteiger partial charge in [0.05, 0.1) is 28.3 Å². The predicted octanol–water partition coefficient (Wildman–Crippen LogP) is 9.42. The summed E-state index contributed by atoms with van der Waals surface area (Å²) in [6.45, 7) is 0. The third-order valence-corrected chi connectivity index (χ3v) is 5.55. The zero-order chi connectivity index (χ0) is 24.4. The number of benzene rings is 5. The molecule has 0 aromatic heterocycles. The number of hydrogen-bond donors (Lipinski definition) is 1. The Hall–Kier alpha value is -4.59. The first-order valence-corrected chi connectivity index (χ1v) is 10.7. The van der Waals surface area contributed by atoms with Crippen LogP contribution < -0.4 is 5.73 Å². The lowest BCUT2D eigenvalue weighted by molar-refractivity contribution is -0.137. The zero-order valence-corrected chi connectivity index (χ0v) is 18.2. The lowest BCUT2D eigenvalue weighted by Crippen LogP contribution is -2.03. The number of alkyl halides is 3. The number of fused-ring (bicyclic) bond motifs is 2. The molecule has 0 aliphatic heterocycles. The summed E-state index contributed by atoms with van der Waals surface area (Å²) in [6, 6.07) is 27.0. The number of anilines is 1. The van der Waals surface area contributed by atoms with Gasteiger partial charge in [-0.2, -0.15) is 18.3 Å². The third kappa shape index (κ3) is 4.59. The Morgan fingerprint density at radius 3 is 1.43 bits per heavy atom. The average Bonchev–Trinajstić information content (AvgIpc) is 2.87. The first-order valence-electron chi connectivity index (χ1n) is 10.7. The van der Waals surface area contributed by atoms with Crippen molar-refractivity contribution >= 4 is 50.0 Å². The van der Waals surface area contributed by atoms with Crippen molar-refractivity contribution in [3.8, 4) is 0 Å². The van der Waals surface area contributed by atoms with Gasteiger partial charge in [-0.25, -0.2) is 0 Å². The Bertz CT molecular complexity index is 1590. The maximum atomic E-state index is 12.8. The van der Waals surface area contributed by atoms with Crippen LogP contribution in [0.4, 0.5) is 41.6 Å². The van der Waals surface area contributed by atoms with Gasteiger partial charge < -0.3 is 5.73 Å². The molecule has 0 aliphatic carbocycles. The lowest BCUT2D eigenvalue weighted by Gasteiger charge is -2.06. The number of nitrogens with zero attached hydrogens (tertiary/aromatic N) is 4. The van der Waals surface area contributed by atoms with Crippen molar-refractivity contribution in [1.82, 2.24) is 0 Å². The monoisotopic (exact) mass is 469 g/mol. The van der Waals surface area contributed by atoms with E-state index in [9.17, 15) is 13.2 Å². The van der Waals surface area contributed by atoms with Crippen LogP contribution >= 0.6 is 0 Å². The molecule has 0 heterocycles. The minimum atomic E-state index is -4.39. The Morgan fingerprint density at radius 2 is 0.914 bits per heavy atom. The van der Waals surface area contributed by atoms with Crippen LogP contribution in [0.1, 0.15) is 5.56 Å². The van der Waals surface area contributed by atoms with Crippen molar-refractivity contribution in [3.63, 3.8) is 0 Å². The fourth-order valence-electron chi connectivity index (χ4n) is 3.77. The van der Waals surface area contributed by atoms with Crippen molar-refractivity contribution in [2.24, 2.45) is 20.5 Å². The van der Waals surface area contributed by atoms with E-state index in [-0.39, 0.29) is 0 Å². The quantitative estimate of drug-likeness (QED) is 0.206. The minimum absolute atomic E-state index is 0.320. The molecule has 0 unspecified atom stereocenters. The molecule has 5 rings (SSSR count). The van der Waals surface area contributed by atoms with E-state index in [1.165, 1.54) is 12.1 Å². The molecule has 0 saturated carbocycles. The van der Waals surface area contributed by atoms with Gasteiger partial charge in [-0.15, -0.1) is 15.3 Å². The van der Waals surface area contributed by atoms with Gasteiger partial charge in [0.1, 0.15) is 0 Å². The van der Waals surface area contributed by atoms with Crippen molar-refractivity contribution in [2.45, 2.75) is 6.18 Å². The van der Waals surface area contributed by atoms with Crippen molar-refractivity contribution < 1.29 is 13.2 Å². The van der Waals surface area contributed by atoms with Crippen LogP contribution in [0.2, 0.25) is 0 Å². The molecule has 35 heavy (non-hydrogen) atoms. The van der Waals surface area contributed by atoms with Gasteiger partial charge in [-0.05, 0) is 48.5 Å². The van der Waals surface area contributed by atoms with Crippen LogP contribution in [0.3, 0.4) is 0 Å². The van der Waals surface area contributed by atoms with E-state index in [1.807, 2.05) is 54.6 Å². The topological polar surface area (TPSA) is 75.5 Å². The van der Waals surface area contributed by atoms with Crippen LogP contribution in [-0.2, 0) is 6.18 Å². The fourth-order valence-corrected chi connectivity index (χ4v) is 3.77. The van der Waals surface area contributed by atoms with Gasteiger partial charge in [0.15, 0.2) is 0 Å². The summed E-state index contributed by atoms with van der Waals surface area (Å²) < 4.78 is 38.3. The molecule has 0 saturated heterocycles. The molecule has 0 radical (unpaired) electrons. The summed E-state index contributed by atoms with van der Waals surface area (Å²) in [5, 5.41) is 20.8. The number of nitrogen functional groups attached to an aromatic ring is 1. The maximum absolute atomic E-state index is 12.8. The van der Waals surface area contributed by atoms with Gasteiger partial charge in [-0.1, -0.05) is 48.5 Å². The normalized spacial score (nSPS) is 12.3. The largest absolute Gasteiger partial charge is 0.416 e. The van der Waals surface area contributed by atoms with Crippen LogP contribution in [0.15, 0.2) is 118 Å². The summed E-state index contributed by atoms with van der Waals surface area (Å²) in [5.74, 6) is 0. The second kappa shape index (κ2) is 8.98. The molecule has 0 atom stereocenters. The highest BCUT2D eigenvalue weighted by molar-refractivity contribution is 6.01. The van der Waals surface area contributed by atoms with E-state index in [0.29, 0.717) is 28.4 Å². The highest BCUT2D eigenvalue weighted by atomic mass is 19.4. The van der Waals surface area contributed by atoms with Gasteiger partial charge in [0.25, 0.3) is 0 Å². The first-order chi connectivity index (χ1) is 16.9. The molecule has 0 fully saturated rings. The summed E-state index contributed by atoms with van der Waals surface area (Å²) in [5.41, 5.74) is 8.26. The number of rotatable bonds is 4. The van der Waals surface area contributed by atoms with Gasteiger partial charge >= 0.3 is 6.18 Å². The van der Waals surface area contributed by atoms with E-state index >= 15 is 0 Å². The maximum Gasteiger partial charge on any atom is 0.416 e. The fraction of sp³-hybridized carbons (Fsp3) is 0.0370. The van der Waals surface area contributed by atoms with Crippen LogP contribution in [-0.4, -0.2) is 0 Å².